The predicted molar refractivity (Wildman–Crippen MR) is 72.0 cm³/mol. The maximum Gasteiger partial charge on any atom is 0.242 e. The Labute approximate surface area is 108 Å². The molecule has 0 saturated heterocycles. The van der Waals surface area contributed by atoms with Crippen molar-refractivity contribution in [3.63, 3.8) is 0 Å². The SMILES string of the molecule is COc1ccc(NC(C)C(=O)NC2CC2)c(C)c1. The van der Waals surface area contributed by atoms with Gasteiger partial charge < -0.3 is 15.4 Å². The molecule has 0 aromatic heterocycles. The molecule has 2 N–H and O–H groups in total. The zero-order valence-electron chi connectivity index (χ0n) is 11.1. The number of hydrogen-bond acceptors (Lipinski definition) is 3. The van der Waals surface area contributed by atoms with Crippen molar-refractivity contribution in [3.05, 3.63) is 23.8 Å². The van der Waals surface area contributed by atoms with Crippen LogP contribution in [0, 0.1) is 6.92 Å². The van der Waals surface area contributed by atoms with Gasteiger partial charge in [-0.1, -0.05) is 0 Å². The van der Waals surface area contributed by atoms with Crippen LogP contribution in [-0.4, -0.2) is 25.1 Å². The number of rotatable bonds is 5. The quantitative estimate of drug-likeness (QED) is 0.839. The Balaban J connectivity index is 1.96. The van der Waals surface area contributed by atoms with E-state index in [0.29, 0.717) is 6.04 Å². The monoisotopic (exact) mass is 248 g/mol. The number of carbonyl (C=O) groups excluding carboxylic acids is 1. The molecule has 4 nitrogen and oxygen atoms in total. The van der Waals surface area contributed by atoms with Crippen molar-refractivity contribution in [1.29, 1.82) is 0 Å². The summed E-state index contributed by atoms with van der Waals surface area (Å²) in [4.78, 5) is 11.8. The van der Waals surface area contributed by atoms with Gasteiger partial charge in [0.15, 0.2) is 0 Å². The third-order valence-corrected chi connectivity index (χ3v) is 3.12. The van der Waals surface area contributed by atoms with Gasteiger partial charge >= 0.3 is 0 Å². The summed E-state index contributed by atoms with van der Waals surface area (Å²) in [5, 5.41) is 6.22. The van der Waals surface area contributed by atoms with Gasteiger partial charge in [0.2, 0.25) is 5.91 Å². The van der Waals surface area contributed by atoms with E-state index >= 15 is 0 Å². The molecule has 0 aliphatic heterocycles. The topological polar surface area (TPSA) is 50.4 Å². The molecule has 2 rings (SSSR count). The van der Waals surface area contributed by atoms with Gasteiger partial charge in [0.1, 0.15) is 11.8 Å². The second-order valence-corrected chi connectivity index (χ2v) is 4.83. The van der Waals surface area contributed by atoms with E-state index in [1.54, 1.807) is 7.11 Å². The summed E-state index contributed by atoms with van der Waals surface area (Å²) < 4.78 is 5.16. The molecule has 98 valence electrons. The molecule has 1 unspecified atom stereocenters. The van der Waals surface area contributed by atoms with Crippen molar-refractivity contribution < 1.29 is 9.53 Å². The number of ether oxygens (including phenoxy) is 1. The summed E-state index contributed by atoms with van der Waals surface area (Å²) in [6.07, 6.45) is 2.22. The Morgan fingerprint density at radius 3 is 2.72 bits per heavy atom. The van der Waals surface area contributed by atoms with Gasteiger partial charge in [-0.15, -0.1) is 0 Å². The summed E-state index contributed by atoms with van der Waals surface area (Å²) in [5.74, 6) is 0.890. The highest BCUT2D eigenvalue weighted by Gasteiger charge is 2.25. The maximum atomic E-state index is 11.8. The van der Waals surface area contributed by atoms with E-state index in [2.05, 4.69) is 10.6 Å². The standard InChI is InChI=1S/C14H20N2O2/c1-9-8-12(18-3)6-7-13(9)15-10(2)14(17)16-11-4-5-11/h6-8,10-11,15H,4-5H2,1-3H3,(H,16,17). The zero-order valence-corrected chi connectivity index (χ0v) is 11.1. The average molecular weight is 248 g/mol. The van der Waals surface area contributed by atoms with Gasteiger partial charge in [-0.25, -0.2) is 0 Å². The van der Waals surface area contributed by atoms with E-state index in [9.17, 15) is 4.79 Å². The summed E-state index contributed by atoms with van der Waals surface area (Å²) in [7, 11) is 1.65. The van der Waals surface area contributed by atoms with Gasteiger partial charge in [-0.2, -0.15) is 0 Å². The maximum absolute atomic E-state index is 11.8. The van der Waals surface area contributed by atoms with Crippen molar-refractivity contribution in [2.45, 2.75) is 38.8 Å². The van der Waals surface area contributed by atoms with Crippen molar-refractivity contribution in [2.24, 2.45) is 0 Å². The van der Waals surface area contributed by atoms with E-state index in [1.165, 1.54) is 0 Å². The van der Waals surface area contributed by atoms with Crippen LogP contribution in [0.5, 0.6) is 5.75 Å². The number of hydrogen-bond donors (Lipinski definition) is 2. The van der Waals surface area contributed by atoms with Crippen LogP contribution >= 0.6 is 0 Å². The highest BCUT2D eigenvalue weighted by molar-refractivity contribution is 5.84. The molecule has 1 atom stereocenters. The Morgan fingerprint density at radius 2 is 2.17 bits per heavy atom. The number of aryl methyl sites for hydroxylation is 1. The van der Waals surface area contributed by atoms with Crippen LogP contribution < -0.4 is 15.4 Å². The molecule has 0 heterocycles. The molecule has 1 aliphatic carbocycles. The molecule has 0 bridgehead atoms. The van der Waals surface area contributed by atoms with Crippen molar-refractivity contribution >= 4 is 11.6 Å². The van der Waals surface area contributed by atoms with Gasteiger partial charge in [0, 0.05) is 11.7 Å². The predicted octanol–water partition coefficient (Wildman–Crippen LogP) is 2.08. The molecule has 1 aromatic carbocycles. The van der Waals surface area contributed by atoms with Crippen LogP contribution in [0.4, 0.5) is 5.69 Å². The molecule has 1 aliphatic rings. The molecular formula is C14H20N2O2. The Morgan fingerprint density at radius 1 is 1.44 bits per heavy atom. The second-order valence-electron chi connectivity index (χ2n) is 4.83. The second kappa shape index (κ2) is 5.29. The highest BCUT2D eigenvalue weighted by Crippen LogP contribution is 2.22. The largest absolute Gasteiger partial charge is 0.497 e. The number of nitrogens with one attached hydrogen (secondary N) is 2. The Hall–Kier alpha value is -1.71. The first-order chi connectivity index (χ1) is 8.60. The third-order valence-electron chi connectivity index (χ3n) is 3.12. The first-order valence-corrected chi connectivity index (χ1v) is 6.31. The van der Waals surface area contributed by atoms with Gasteiger partial charge in [-0.3, -0.25) is 4.79 Å². The average Bonchev–Trinajstić information content (AvgIpc) is 3.15. The number of amides is 1. The van der Waals surface area contributed by atoms with Gasteiger partial charge in [0.05, 0.1) is 7.11 Å². The molecule has 1 amide bonds. The number of benzene rings is 1. The van der Waals surface area contributed by atoms with Crippen LogP contribution in [-0.2, 0) is 4.79 Å². The summed E-state index contributed by atoms with van der Waals surface area (Å²) >= 11 is 0. The first kappa shape index (κ1) is 12.7. The van der Waals surface area contributed by atoms with Crippen LogP contribution in [0.15, 0.2) is 18.2 Å². The lowest BCUT2D eigenvalue weighted by atomic mass is 10.1. The number of carbonyl (C=O) groups is 1. The van der Waals surface area contributed by atoms with E-state index in [1.807, 2.05) is 32.0 Å². The highest BCUT2D eigenvalue weighted by atomic mass is 16.5. The molecule has 4 heteroatoms. The fourth-order valence-corrected chi connectivity index (χ4v) is 1.78. The molecular weight excluding hydrogens is 228 g/mol. The van der Waals surface area contributed by atoms with Crippen molar-refractivity contribution in [2.75, 3.05) is 12.4 Å². The van der Waals surface area contributed by atoms with Crippen LogP contribution in [0.25, 0.3) is 0 Å². The number of anilines is 1. The lowest BCUT2D eigenvalue weighted by molar-refractivity contribution is -0.121. The normalized spacial score (nSPS) is 15.9. The molecule has 1 fully saturated rings. The summed E-state index contributed by atoms with van der Waals surface area (Å²) in [6, 6.07) is 5.96. The fraction of sp³-hybridized carbons (Fsp3) is 0.500. The van der Waals surface area contributed by atoms with Crippen molar-refractivity contribution in [3.8, 4) is 5.75 Å². The van der Waals surface area contributed by atoms with Gasteiger partial charge in [0.25, 0.3) is 0 Å². The third kappa shape index (κ3) is 3.15. The molecule has 18 heavy (non-hydrogen) atoms. The molecule has 0 radical (unpaired) electrons. The van der Waals surface area contributed by atoms with Gasteiger partial charge in [-0.05, 0) is 50.5 Å². The minimum atomic E-state index is -0.224. The van der Waals surface area contributed by atoms with E-state index < -0.39 is 0 Å². The van der Waals surface area contributed by atoms with Crippen LogP contribution in [0.1, 0.15) is 25.3 Å². The minimum absolute atomic E-state index is 0.0627. The van der Waals surface area contributed by atoms with E-state index in [4.69, 9.17) is 4.74 Å². The smallest absolute Gasteiger partial charge is 0.242 e. The zero-order chi connectivity index (χ0) is 13.1. The summed E-state index contributed by atoms with van der Waals surface area (Å²) in [5.41, 5.74) is 2.04. The van der Waals surface area contributed by atoms with Crippen LogP contribution in [0.2, 0.25) is 0 Å². The van der Waals surface area contributed by atoms with E-state index in [-0.39, 0.29) is 11.9 Å². The Kier molecular flexibility index (Phi) is 3.75. The minimum Gasteiger partial charge on any atom is -0.497 e. The van der Waals surface area contributed by atoms with Crippen LogP contribution in [0.3, 0.4) is 0 Å². The number of methoxy groups -OCH3 is 1. The lowest BCUT2D eigenvalue weighted by Crippen LogP contribution is -2.38. The van der Waals surface area contributed by atoms with Crippen molar-refractivity contribution in [1.82, 2.24) is 5.32 Å². The van der Waals surface area contributed by atoms with E-state index in [0.717, 1.165) is 29.8 Å². The fourth-order valence-electron chi connectivity index (χ4n) is 1.78. The molecule has 1 aromatic rings. The Bertz CT molecular complexity index is 441. The molecule has 0 spiro atoms. The molecule has 1 saturated carbocycles. The lowest BCUT2D eigenvalue weighted by Gasteiger charge is -2.17. The summed E-state index contributed by atoms with van der Waals surface area (Å²) in [6.45, 7) is 3.87. The first-order valence-electron chi connectivity index (χ1n) is 6.31.